The van der Waals surface area contributed by atoms with Crippen LogP contribution in [-0.2, 0) is 37.2 Å². The topological polar surface area (TPSA) is 73.8 Å². The average molecular weight is 1500 g/mol. The lowest BCUT2D eigenvalue weighted by Crippen LogP contribution is -2.41. The highest BCUT2D eigenvalue weighted by atomic mass is 79.9. The molecular formula is C90H92B4Br2O8. The van der Waals surface area contributed by atoms with Gasteiger partial charge in [-0.05, 0) is 267 Å². The van der Waals surface area contributed by atoms with Gasteiger partial charge in [-0.2, -0.15) is 0 Å². The Hall–Kier alpha value is -7.42. The van der Waals surface area contributed by atoms with E-state index < -0.39 is 32.3 Å². The van der Waals surface area contributed by atoms with Gasteiger partial charge in [-0.1, -0.05) is 256 Å². The van der Waals surface area contributed by atoms with E-state index in [2.05, 4.69) is 318 Å². The molecule has 6 aliphatic rings. The Balaban J connectivity index is 0.000000129. The van der Waals surface area contributed by atoms with Gasteiger partial charge >= 0.3 is 28.3 Å². The van der Waals surface area contributed by atoms with E-state index in [1.54, 1.807) is 0 Å². The van der Waals surface area contributed by atoms with Crippen molar-refractivity contribution in [1.82, 2.24) is 0 Å². The molecule has 0 atom stereocenters. The van der Waals surface area contributed by atoms with Crippen molar-refractivity contribution in [2.45, 2.75) is 162 Å². The van der Waals surface area contributed by atoms with E-state index in [9.17, 15) is 0 Å². The summed E-state index contributed by atoms with van der Waals surface area (Å²) in [6, 6.07) is 83.6. The molecular weight excluding hydrogens is 1410 g/mol. The molecule has 0 spiro atoms. The molecule has 0 amide bonds. The first-order valence-electron chi connectivity index (χ1n) is 36.4. The van der Waals surface area contributed by atoms with Crippen LogP contribution in [0.2, 0.25) is 6.82 Å². The van der Waals surface area contributed by atoms with Crippen LogP contribution in [-0.4, -0.2) is 78.9 Å². The third kappa shape index (κ3) is 12.6. The smallest absolute Gasteiger partial charge is 0.405 e. The minimum Gasteiger partial charge on any atom is -0.405 e. The van der Waals surface area contributed by atoms with Crippen LogP contribution in [0.25, 0.3) is 132 Å². The van der Waals surface area contributed by atoms with Gasteiger partial charge in [0.05, 0.1) is 44.8 Å². The maximum absolute atomic E-state index is 6.56. The van der Waals surface area contributed by atoms with Crippen LogP contribution < -0.4 is 5.46 Å². The maximum atomic E-state index is 6.56. The van der Waals surface area contributed by atoms with E-state index >= 15 is 0 Å². The van der Waals surface area contributed by atoms with Gasteiger partial charge in [0, 0.05) is 4.47 Å². The normalized spacial score (nSPS) is 18.6. The molecule has 4 aliphatic heterocycles. The fraction of sp³-hybridized carbons (Fsp3) is 0.289. The lowest BCUT2D eigenvalue weighted by molar-refractivity contribution is 0.00578. The van der Waals surface area contributed by atoms with Gasteiger partial charge < -0.3 is 37.2 Å². The van der Waals surface area contributed by atoms with E-state index in [0.29, 0.717) is 0 Å². The third-order valence-electron chi connectivity index (χ3n) is 23.5. The van der Waals surface area contributed by atoms with Crippen LogP contribution in [0.4, 0.5) is 0 Å². The fourth-order valence-electron chi connectivity index (χ4n) is 15.5. The van der Waals surface area contributed by atoms with Crippen molar-refractivity contribution < 1.29 is 37.2 Å². The van der Waals surface area contributed by atoms with Crippen molar-refractivity contribution in [3.05, 3.63) is 235 Å². The maximum Gasteiger partial charge on any atom is 0.495 e. The summed E-state index contributed by atoms with van der Waals surface area (Å²) >= 11 is 6.75. The number of hydrogen-bond donors (Lipinski definition) is 0. The molecule has 526 valence electrons. The largest absolute Gasteiger partial charge is 0.495 e. The van der Waals surface area contributed by atoms with Crippen LogP contribution in [0.1, 0.15) is 111 Å². The van der Waals surface area contributed by atoms with Crippen molar-refractivity contribution >= 4 is 109 Å². The van der Waals surface area contributed by atoms with Crippen LogP contribution in [0.3, 0.4) is 0 Å². The zero-order valence-electron chi connectivity index (χ0n) is 63.3. The standard InChI is InChI=1S/C38H31BO2.C32H19Br.C12H24B2O4.C7H15BO2.CH3Br/c1-37(2)38(3,4)41-39(40-37)31-23-22-30-34-28(31)20-13-21-29(34)35-32(24-14-7-5-8-15-24)26-18-11-12-19-27(26)33(36(30)35)25-16-9-6-10-17-25;33-27-19-18-26-30-24(27)16-9-17-25(30)31-28(20-10-3-1-4-11-20)22-14-7-8-15-23(22)29(32(26)31)21-12-5-2-6-13-21;1-9(2)10(3,4)16-13(15-9)14-17-11(5,6)12(7,8)18-14;1-6(2)7(3,4)10-8(5)9-6;1-2/h5-23H,1-4H3;1-19H;1-8H3;1-5H3;1H3. The molecule has 0 bridgehead atoms. The molecule has 104 heavy (non-hydrogen) atoms. The van der Waals surface area contributed by atoms with Gasteiger partial charge in [0.25, 0.3) is 0 Å². The van der Waals surface area contributed by atoms with Crippen LogP contribution in [0.15, 0.2) is 235 Å². The van der Waals surface area contributed by atoms with E-state index in [0.717, 1.165) is 9.94 Å². The number of rotatable bonds is 6. The molecule has 2 aliphatic carbocycles. The Morgan fingerprint density at radius 3 is 0.798 bits per heavy atom. The van der Waals surface area contributed by atoms with Gasteiger partial charge in [0.1, 0.15) is 0 Å². The molecule has 4 heterocycles. The fourth-order valence-corrected chi connectivity index (χ4v) is 16.0. The summed E-state index contributed by atoms with van der Waals surface area (Å²) in [6.45, 7) is 34.8. The van der Waals surface area contributed by atoms with Gasteiger partial charge in [0.2, 0.25) is 0 Å². The second-order valence-corrected chi connectivity index (χ2v) is 32.8. The molecule has 0 N–H and O–H groups in total. The number of hydrogen-bond acceptors (Lipinski definition) is 8. The summed E-state index contributed by atoms with van der Waals surface area (Å²) in [6.07, 6.45) is 0. The van der Waals surface area contributed by atoms with Crippen molar-refractivity contribution in [2.24, 2.45) is 0 Å². The molecule has 4 fully saturated rings. The highest BCUT2D eigenvalue weighted by Gasteiger charge is 2.64. The van der Waals surface area contributed by atoms with Crippen molar-refractivity contribution in [3.63, 3.8) is 0 Å². The zero-order chi connectivity index (χ0) is 73.8. The van der Waals surface area contributed by atoms with Crippen LogP contribution >= 0.6 is 31.9 Å². The lowest BCUT2D eigenvalue weighted by Gasteiger charge is -2.32. The number of benzene rings is 12. The third-order valence-corrected chi connectivity index (χ3v) is 24.2. The Morgan fingerprint density at radius 2 is 0.490 bits per heavy atom. The number of halogens is 2. The summed E-state index contributed by atoms with van der Waals surface area (Å²) in [5.74, 6) is 1.81. The van der Waals surface area contributed by atoms with Crippen molar-refractivity contribution in [3.8, 4) is 89.0 Å². The molecule has 12 aromatic carbocycles. The van der Waals surface area contributed by atoms with E-state index in [1.807, 2.05) is 68.0 Å². The van der Waals surface area contributed by atoms with Crippen LogP contribution in [0.5, 0.6) is 0 Å². The van der Waals surface area contributed by atoms with Gasteiger partial charge in [0.15, 0.2) is 0 Å². The molecule has 8 nitrogen and oxygen atoms in total. The summed E-state index contributed by atoms with van der Waals surface area (Å²) in [7, 11) is -1.44. The lowest BCUT2D eigenvalue weighted by atomic mass is 9.49. The summed E-state index contributed by atoms with van der Waals surface area (Å²) in [5, 5.41) is 10.2. The highest BCUT2D eigenvalue weighted by Crippen LogP contribution is 2.60. The first kappa shape index (κ1) is 73.5. The van der Waals surface area contributed by atoms with E-state index in [4.69, 9.17) is 37.2 Å². The molecule has 14 heteroatoms. The van der Waals surface area contributed by atoms with E-state index in [-0.39, 0.29) is 40.7 Å². The molecule has 12 aromatic rings. The monoisotopic (exact) mass is 1500 g/mol. The number of alkyl halides is 1. The molecule has 0 radical (unpaired) electrons. The second-order valence-electron chi connectivity index (χ2n) is 32.0. The first-order valence-corrected chi connectivity index (χ1v) is 38.8. The predicted octanol–water partition coefficient (Wildman–Crippen LogP) is 24.0. The minimum atomic E-state index is -0.476. The molecule has 0 unspecified atom stereocenters. The molecule has 18 rings (SSSR count). The van der Waals surface area contributed by atoms with Gasteiger partial charge in [-0.25, -0.2) is 0 Å². The number of fused-ring (bicyclic) bond motifs is 8. The molecule has 4 saturated heterocycles. The van der Waals surface area contributed by atoms with Crippen LogP contribution in [0, 0.1) is 0 Å². The zero-order valence-corrected chi connectivity index (χ0v) is 66.4. The van der Waals surface area contributed by atoms with Gasteiger partial charge in [-0.15, -0.1) is 0 Å². The first-order chi connectivity index (χ1) is 49.4. The van der Waals surface area contributed by atoms with E-state index in [1.165, 1.54) is 132 Å². The van der Waals surface area contributed by atoms with Crippen molar-refractivity contribution in [1.29, 1.82) is 0 Å². The summed E-state index contributed by atoms with van der Waals surface area (Å²) in [5.41, 5.74) is 19.2. The quantitative estimate of drug-likeness (QED) is 0.120. The second kappa shape index (κ2) is 27.4. The highest BCUT2D eigenvalue weighted by molar-refractivity contribution is 9.10. The minimum absolute atomic E-state index is 0.0648. The Labute approximate surface area is 633 Å². The summed E-state index contributed by atoms with van der Waals surface area (Å²) in [4.78, 5) is 0. The molecule has 0 aromatic heterocycles. The Bertz CT molecular complexity index is 4970. The Morgan fingerprint density at radius 1 is 0.240 bits per heavy atom. The summed E-state index contributed by atoms with van der Waals surface area (Å²) < 4.78 is 49.2. The van der Waals surface area contributed by atoms with Crippen molar-refractivity contribution in [2.75, 3.05) is 5.83 Å². The predicted molar refractivity (Wildman–Crippen MR) is 446 cm³/mol. The Kier molecular flexibility index (Phi) is 19.4. The average Bonchev–Trinajstić information content (AvgIpc) is 1.54. The molecule has 0 saturated carbocycles. The van der Waals surface area contributed by atoms with Gasteiger partial charge in [-0.3, -0.25) is 0 Å². The SMILES string of the molecule is Brc1ccc2c3c(cccc13)-c1c-2c(-c2ccccc2)c2ccccc2c1-c1ccccc1.CB1OC(C)(C)C(C)(C)O1.CBr.CC1(C)OB(B2OC(C)(C)C(C)(C)O2)OC1(C)C.CC1(C)OB(c2ccc3c4c(cccc24)-c2c-3c(-c3ccccc3)c3ccccc3c2-c2ccccc2)OC1(C)C.